The van der Waals surface area contributed by atoms with Crippen LogP contribution in [0.25, 0.3) is 0 Å². The van der Waals surface area contributed by atoms with Gasteiger partial charge in [0.25, 0.3) is 0 Å². The molecule has 1 rings (SSSR count). The molecule has 0 aliphatic carbocycles. The van der Waals surface area contributed by atoms with Gasteiger partial charge >= 0.3 is 0 Å². The summed E-state index contributed by atoms with van der Waals surface area (Å²) >= 11 is 1.69. The van der Waals surface area contributed by atoms with E-state index in [9.17, 15) is 9.18 Å². The van der Waals surface area contributed by atoms with E-state index in [1.807, 2.05) is 0 Å². The van der Waals surface area contributed by atoms with Crippen LogP contribution in [0.3, 0.4) is 0 Å². The molecule has 0 aliphatic rings. The van der Waals surface area contributed by atoms with Gasteiger partial charge in [-0.25, -0.2) is 4.39 Å². The molecule has 0 atom stereocenters. The van der Waals surface area contributed by atoms with Crippen LogP contribution in [-0.4, -0.2) is 10.9 Å². The lowest BCUT2D eigenvalue weighted by Gasteiger charge is -2.02. The van der Waals surface area contributed by atoms with Gasteiger partial charge in [0.1, 0.15) is 0 Å². The van der Waals surface area contributed by atoms with Crippen molar-refractivity contribution >= 4 is 28.4 Å². The van der Waals surface area contributed by atoms with Crippen LogP contribution in [0.1, 0.15) is 17.3 Å². The van der Waals surface area contributed by atoms with Gasteiger partial charge in [-0.05, 0) is 41.6 Å². The molecule has 64 valence electrons. The van der Waals surface area contributed by atoms with Gasteiger partial charge in [-0.2, -0.15) is 0 Å². The second-order valence-electron chi connectivity index (χ2n) is 2.32. The van der Waals surface area contributed by atoms with Gasteiger partial charge < -0.3 is 5.11 Å². The van der Waals surface area contributed by atoms with Crippen LogP contribution in [0.5, 0.6) is 5.75 Å². The molecule has 1 N–H and O–H groups in total. The van der Waals surface area contributed by atoms with Gasteiger partial charge in [-0.3, -0.25) is 4.79 Å². The number of ketones is 1. The van der Waals surface area contributed by atoms with E-state index in [0.29, 0.717) is 5.56 Å². The normalized spacial score (nSPS) is 9.92. The molecule has 0 saturated carbocycles. The lowest BCUT2D eigenvalue weighted by Crippen LogP contribution is -1.98. The summed E-state index contributed by atoms with van der Waals surface area (Å²) < 4.78 is 13.1. The molecule has 1 aromatic carbocycles. The molecule has 0 aromatic heterocycles. The zero-order chi connectivity index (χ0) is 9.30. The number of halogens is 2. The van der Waals surface area contributed by atoms with E-state index in [0.717, 1.165) is 0 Å². The molecule has 0 unspecified atom stereocenters. The maximum Gasteiger partial charge on any atom is 0.178 e. The quantitative estimate of drug-likeness (QED) is 0.633. The number of hydrogen-bond donors (Lipinski definition) is 1. The molecule has 0 heterocycles. The van der Waals surface area contributed by atoms with Gasteiger partial charge in [-0.1, -0.05) is 0 Å². The lowest BCUT2D eigenvalue weighted by atomic mass is 10.1. The van der Waals surface area contributed by atoms with Crippen molar-refractivity contribution in [2.75, 3.05) is 0 Å². The Morgan fingerprint density at radius 3 is 2.67 bits per heavy atom. The minimum absolute atomic E-state index is 0.167. The smallest absolute Gasteiger partial charge is 0.178 e. The highest BCUT2D eigenvalue weighted by molar-refractivity contribution is 14.1. The van der Waals surface area contributed by atoms with Crippen molar-refractivity contribution < 1.29 is 14.3 Å². The number of phenols is 1. The van der Waals surface area contributed by atoms with E-state index in [2.05, 4.69) is 0 Å². The zero-order valence-electron chi connectivity index (χ0n) is 6.27. The Hall–Kier alpha value is -0.650. The molecule has 2 nitrogen and oxygen atoms in total. The average molecular weight is 280 g/mol. The molecule has 0 aliphatic heterocycles. The predicted molar refractivity (Wildman–Crippen MR) is 50.8 cm³/mol. The number of hydrogen-bond acceptors (Lipinski definition) is 2. The Morgan fingerprint density at radius 1 is 1.58 bits per heavy atom. The standard InChI is InChI=1S/C8H6FIO2/c1-4(11)5-2-3-6(12)7(9)8(5)10/h2-3,12H,1H3. The first kappa shape index (κ1) is 9.44. The average Bonchev–Trinajstić information content (AvgIpc) is 2.00. The van der Waals surface area contributed by atoms with Crippen molar-refractivity contribution in [1.29, 1.82) is 0 Å². The molecule has 0 saturated heterocycles. The second kappa shape index (κ2) is 3.38. The molecular weight excluding hydrogens is 274 g/mol. The van der Waals surface area contributed by atoms with Gasteiger partial charge in [0.2, 0.25) is 0 Å². The highest BCUT2D eigenvalue weighted by Gasteiger charge is 2.12. The third-order valence-electron chi connectivity index (χ3n) is 1.44. The molecule has 12 heavy (non-hydrogen) atoms. The van der Waals surface area contributed by atoms with Crippen LogP contribution < -0.4 is 0 Å². The maximum atomic E-state index is 12.9. The molecule has 0 amide bonds. The topological polar surface area (TPSA) is 37.3 Å². The molecule has 4 heteroatoms. The number of carbonyl (C=O) groups excluding carboxylic acids is 1. The number of carbonyl (C=O) groups is 1. The van der Waals surface area contributed by atoms with Crippen LogP contribution in [0, 0.1) is 9.39 Å². The van der Waals surface area contributed by atoms with Gasteiger partial charge in [0, 0.05) is 5.56 Å². The summed E-state index contributed by atoms with van der Waals surface area (Å²) in [5.41, 5.74) is 0.297. The number of rotatable bonds is 1. The largest absolute Gasteiger partial charge is 0.505 e. The summed E-state index contributed by atoms with van der Waals surface area (Å²) in [5.74, 6) is -1.37. The van der Waals surface area contributed by atoms with Crippen LogP contribution in [0.2, 0.25) is 0 Å². The van der Waals surface area contributed by atoms with Crippen molar-refractivity contribution in [3.05, 3.63) is 27.1 Å². The molecule has 0 spiro atoms. The van der Waals surface area contributed by atoms with Crippen molar-refractivity contribution in [2.45, 2.75) is 6.92 Å². The summed E-state index contributed by atoms with van der Waals surface area (Å²) in [6.07, 6.45) is 0. The third kappa shape index (κ3) is 1.57. The minimum atomic E-state index is -0.733. The molecule has 1 aromatic rings. The Morgan fingerprint density at radius 2 is 2.17 bits per heavy atom. The monoisotopic (exact) mass is 280 g/mol. The summed E-state index contributed by atoms with van der Waals surface area (Å²) in [5, 5.41) is 8.92. The fourth-order valence-electron chi connectivity index (χ4n) is 0.811. The van der Waals surface area contributed by atoms with E-state index in [1.165, 1.54) is 19.1 Å². The number of Topliss-reactive ketones (excluding diaryl/α,β-unsaturated/α-hetero) is 1. The molecule has 0 radical (unpaired) electrons. The number of phenolic OH excluding ortho intramolecular Hbond substituents is 1. The predicted octanol–water partition coefficient (Wildman–Crippen LogP) is 2.34. The molecule has 0 bridgehead atoms. The Kier molecular flexibility index (Phi) is 2.66. The number of benzene rings is 1. The fourth-order valence-corrected chi connectivity index (χ4v) is 1.65. The minimum Gasteiger partial charge on any atom is -0.505 e. The van der Waals surface area contributed by atoms with Gasteiger partial charge in [0.05, 0.1) is 3.57 Å². The second-order valence-corrected chi connectivity index (χ2v) is 3.40. The first-order chi connectivity index (χ1) is 5.54. The maximum absolute atomic E-state index is 12.9. The Balaban J connectivity index is 3.36. The van der Waals surface area contributed by atoms with Crippen LogP contribution >= 0.6 is 22.6 Å². The van der Waals surface area contributed by atoms with E-state index >= 15 is 0 Å². The van der Waals surface area contributed by atoms with E-state index in [1.54, 1.807) is 22.6 Å². The van der Waals surface area contributed by atoms with Crippen LogP contribution in [-0.2, 0) is 0 Å². The van der Waals surface area contributed by atoms with Crippen molar-refractivity contribution in [3.8, 4) is 5.75 Å². The molecular formula is C8H6FIO2. The van der Waals surface area contributed by atoms with Crippen LogP contribution in [0.15, 0.2) is 12.1 Å². The highest BCUT2D eigenvalue weighted by Crippen LogP contribution is 2.24. The number of aromatic hydroxyl groups is 1. The Bertz CT molecular complexity index is 336. The fraction of sp³-hybridized carbons (Fsp3) is 0.125. The van der Waals surface area contributed by atoms with Crippen molar-refractivity contribution in [2.24, 2.45) is 0 Å². The zero-order valence-corrected chi connectivity index (χ0v) is 8.42. The van der Waals surface area contributed by atoms with E-state index in [-0.39, 0.29) is 9.35 Å². The lowest BCUT2D eigenvalue weighted by molar-refractivity contribution is 0.101. The van der Waals surface area contributed by atoms with Crippen molar-refractivity contribution in [1.82, 2.24) is 0 Å². The third-order valence-corrected chi connectivity index (χ3v) is 2.50. The molecule has 0 fully saturated rings. The van der Waals surface area contributed by atoms with Crippen molar-refractivity contribution in [3.63, 3.8) is 0 Å². The van der Waals surface area contributed by atoms with E-state index < -0.39 is 11.6 Å². The Labute approximate surface area is 82.5 Å². The first-order valence-electron chi connectivity index (χ1n) is 3.22. The summed E-state index contributed by atoms with van der Waals surface area (Å²) in [6.45, 7) is 1.36. The summed E-state index contributed by atoms with van der Waals surface area (Å²) in [4.78, 5) is 10.9. The summed E-state index contributed by atoms with van der Waals surface area (Å²) in [6, 6.07) is 2.58. The van der Waals surface area contributed by atoms with E-state index in [4.69, 9.17) is 5.11 Å². The van der Waals surface area contributed by atoms with Gasteiger partial charge in [0.15, 0.2) is 17.3 Å². The summed E-state index contributed by atoms with van der Waals surface area (Å²) in [7, 11) is 0. The van der Waals surface area contributed by atoms with Gasteiger partial charge in [-0.15, -0.1) is 0 Å². The SMILES string of the molecule is CC(=O)c1ccc(O)c(F)c1I. The first-order valence-corrected chi connectivity index (χ1v) is 4.30. The highest BCUT2D eigenvalue weighted by atomic mass is 127. The van der Waals surface area contributed by atoms with Crippen LogP contribution in [0.4, 0.5) is 4.39 Å².